The summed E-state index contributed by atoms with van der Waals surface area (Å²) in [6.07, 6.45) is 0. The third-order valence-corrected chi connectivity index (χ3v) is 13.7. The maximum Gasteiger partial charge on any atom is 0.0582 e. The Labute approximate surface area is 348 Å². The molecule has 12 aromatic rings. The molecule has 0 unspecified atom stereocenters. The predicted molar refractivity (Wildman–Crippen MR) is 257 cm³/mol. The summed E-state index contributed by atoms with van der Waals surface area (Å²) in [5.41, 5.74) is 13.8. The lowest BCUT2D eigenvalue weighted by Gasteiger charge is -2.35. The Kier molecular flexibility index (Phi) is 6.85. The summed E-state index contributed by atoms with van der Waals surface area (Å²) >= 11 is 0. The molecule has 0 amide bonds. The highest BCUT2D eigenvalue weighted by atomic mass is 15.0. The van der Waals surface area contributed by atoms with Crippen LogP contribution in [0.2, 0.25) is 0 Å². The van der Waals surface area contributed by atoms with E-state index in [2.05, 4.69) is 219 Å². The molecule has 280 valence electrons. The Balaban J connectivity index is 1.08. The minimum absolute atomic E-state index is 0.217. The molecule has 13 rings (SSSR count). The van der Waals surface area contributed by atoms with E-state index in [9.17, 15) is 0 Å². The van der Waals surface area contributed by atoms with Gasteiger partial charge in [0.2, 0.25) is 0 Å². The fourth-order valence-electron chi connectivity index (χ4n) is 10.9. The highest BCUT2D eigenvalue weighted by molar-refractivity contribution is 6.23. The van der Waals surface area contributed by atoms with E-state index in [1.807, 2.05) is 0 Å². The third-order valence-electron chi connectivity index (χ3n) is 13.7. The van der Waals surface area contributed by atoms with Crippen molar-refractivity contribution >= 4 is 75.7 Å². The Morgan fingerprint density at radius 3 is 1.72 bits per heavy atom. The minimum Gasteiger partial charge on any atom is -0.309 e. The van der Waals surface area contributed by atoms with Gasteiger partial charge in [0.15, 0.2) is 0 Å². The minimum atomic E-state index is -0.217. The third kappa shape index (κ3) is 4.58. The SMILES string of the molecule is CC1(C)c2cc3c(-c4ccccc4)c4ccccc4c(-c4ccc(-c5cccc6c5ccc5cc7ccccc7cc56)cc4)c3cc2-n2c3ccccc3c3cccc1c32. The molecule has 1 aliphatic heterocycles. The van der Waals surface area contributed by atoms with E-state index in [1.54, 1.807) is 0 Å². The fourth-order valence-corrected chi connectivity index (χ4v) is 10.9. The smallest absolute Gasteiger partial charge is 0.0582 e. The van der Waals surface area contributed by atoms with E-state index in [-0.39, 0.29) is 5.41 Å². The summed E-state index contributed by atoms with van der Waals surface area (Å²) in [7, 11) is 0. The molecular formula is C59H39N. The van der Waals surface area contributed by atoms with Crippen molar-refractivity contribution in [2.75, 3.05) is 0 Å². The van der Waals surface area contributed by atoms with Gasteiger partial charge in [0.1, 0.15) is 0 Å². The molecule has 0 fully saturated rings. The Morgan fingerprint density at radius 2 is 0.933 bits per heavy atom. The Morgan fingerprint density at radius 1 is 0.333 bits per heavy atom. The molecule has 11 aromatic carbocycles. The number of hydrogen-bond donors (Lipinski definition) is 0. The summed E-state index contributed by atoms with van der Waals surface area (Å²) in [5.74, 6) is 0. The standard InChI is InChI=1S/C59H39N/c1-59(2)52-24-13-23-48-45-18-10-11-25-54(45)60(58(48)52)55-35-51-50(34-53(55)59)56(37-14-4-3-5-15-37)46-19-8-9-20-47(46)57(51)38-28-26-36(27-29-38)42-21-12-22-43-44(42)31-30-41-32-39-16-6-7-17-40(39)33-49(41)43/h3-35H,1-2H3. The van der Waals surface area contributed by atoms with Gasteiger partial charge < -0.3 is 4.57 Å². The summed E-state index contributed by atoms with van der Waals surface area (Å²) < 4.78 is 2.55. The molecule has 0 saturated carbocycles. The molecule has 0 atom stereocenters. The lowest BCUT2D eigenvalue weighted by molar-refractivity contribution is 0.631. The maximum absolute atomic E-state index is 2.55. The number of benzene rings is 11. The van der Waals surface area contributed by atoms with Crippen molar-refractivity contribution in [1.29, 1.82) is 0 Å². The fraction of sp³-hybridized carbons (Fsp3) is 0.0508. The normalized spacial score (nSPS) is 13.3. The molecule has 0 bridgehead atoms. The quantitative estimate of drug-likeness (QED) is 0.125. The molecule has 0 saturated heterocycles. The lowest BCUT2D eigenvalue weighted by Crippen LogP contribution is -2.26. The zero-order chi connectivity index (χ0) is 39.7. The molecule has 0 aliphatic carbocycles. The molecule has 1 heteroatoms. The maximum atomic E-state index is 2.55. The number of para-hydroxylation sites is 2. The van der Waals surface area contributed by atoms with Crippen molar-refractivity contribution in [3.8, 4) is 39.1 Å². The first-order chi connectivity index (χ1) is 29.5. The first kappa shape index (κ1) is 33.5. The first-order valence-corrected chi connectivity index (χ1v) is 21.1. The van der Waals surface area contributed by atoms with Crippen LogP contribution in [0.25, 0.3) is 115 Å². The Bertz CT molecular complexity index is 3770. The highest BCUT2D eigenvalue weighted by Crippen LogP contribution is 2.52. The van der Waals surface area contributed by atoms with Crippen LogP contribution in [0.5, 0.6) is 0 Å². The largest absolute Gasteiger partial charge is 0.309 e. The van der Waals surface area contributed by atoms with Gasteiger partial charge in [-0.2, -0.15) is 0 Å². The summed E-state index contributed by atoms with van der Waals surface area (Å²) in [5, 5.41) is 15.4. The number of nitrogens with zero attached hydrogens (tertiary/aromatic N) is 1. The predicted octanol–water partition coefficient (Wildman–Crippen LogP) is 16.2. The van der Waals surface area contributed by atoms with Crippen LogP contribution in [0.1, 0.15) is 25.0 Å². The molecule has 0 spiro atoms. The Hall–Kier alpha value is -7.48. The van der Waals surface area contributed by atoms with Crippen molar-refractivity contribution in [2.24, 2.45) is 0 Å². The summed E-state index contributed by atoms with van der Waals surface area (Å²) in [6, 6.07) is 75.0. The summed E-state index contributed by atoms with van der Waals surface area (Å²) in [6.45, 7) is 4.82. The van der Waals surface area contributed by atoms with E-state index < -0.39 is 0 Å². The van der Waals surface area contributed by atoms with Gasteiger partial charge in [0.05, 0.1) is 16.7 Å². The molecule has 1 nitrogen and oxygen atoms in total. The van der Waals surface area contributed by atoms with Crippen molar-refractivity contribution in [2.45, 2.75) is 19.3 Å². The second kappa shape index (κ2) is 12.3. The molecule has 1 aromatic heterocycles. The van der Waals surface area contributed by atoms with Gasteiger partial charge in [-0.3, -0.25) is 0 Å². The van der Waals surface area contributed by atoms with E-state index >= 15 is 0 Å². The van der Waals surface area contributed by atoms with Crippen LogP contribution in [-0.4, -0.2) is 4.57 Å². The average molecular weight is 762 g/mol. The van der Waals surface area contributed by atoms with E-state index in [0.29, 0.717) is 0 Å². The first-order valence-electron chi connectivity index (χ1n) is 21.1. The van der Waals surface area contributed by atoms with Crippen LogP contribution in [0.3, 0.4) is 0 Å². The van der Waals surface area contributed by atoms with Gasteiger partial charge in [-0.15, -0.1) is 0 Å². The van der Waals surface area contributed by atoms with E-state index in [1.165, 1.54) is 126 Å². The van der Waals surface area contributed by atoms with Gasteiger partial charge in [0.25, 0.3) is 0 Å². The van der Waals surface area contributed by atoms with Gasteiger partial charge in [0, 0.05) is 16.2 Å². The summed E-state index contributed by atoms with van der Waals surface area (Å²) in [4.78, 5) is 0. The molecular weight excluding hydrogens is 723 g/mol. The second-order valence-electron chi connectivity index (χ2n) is 17.2. The molecule has 0 radical (unpaired) electrons. The monoisotopic (exact) mass is 761 g/mol. The van der Waals surface area contributed by atoms with E-state index in [4.69, 9.17) is 0 Å². The zero-order valence-corrected chi connectivity index (χ0v) is 33.5. The molecule has 60 heavy (non-hydrogen) atoms. The average Bonchev–Trinajstić information content (AvgIpc) is 3.64. The van der Waals surface area contributed by atoms with Gasteiger partial charge in [-0.25, -0.2) is 0 Å². The van der Waals surface area contributed by atoms with Crippen molar-refractivity contribution < 1.29 is 0 Å². The number of hydrogen-bond acceptors (Lipinski definition) is 0. The van der Waals surface area contributed by atoms with Crippen LogP contribution in [-0.2, 0) is 5.41 Å². The van der Waals surface area contributed by atoms with Crippen LogP contribution >= 0.6 is 0 Å². The van der Waals surface area contributed by atoms with Crippen LogP contribution in [0.15, 0.2) is 200 Å². The molecule has 0 N–H and O–H groups in total. The van der Waals surface area contributed by atoms with E-state index in [0.717, 1.165) is 0 Å². The van der Waals surface area contributed by atoms with Crippen LogP contribution < -0.4 is 0 Å². The van der Waals surface area contributed by atoms with Crippen molar-refractivity contribution in [3.63, 3.8) is 0 Å². The van der Waals surface area contributed by atoms with Crippen molar-refractivity contribution in [1.82, 2.24) is 4.57 Å². The number of aromatic nitrogens is 1. The highest BCUT2D eigenvalue weighted by Gasteiger charge is 2.36. The molecule has 2 heterocycles. The van der Waals surface area contributed by atoms with Crippen molar-refractivity contribution in [3.05, 3.63) is 211 Å². The molecule has 1 aliphatic rings. The number of rotatable bonds is 3. The van der Waals surface area contributed by atoms with Gasteiger partial charge in [-0.1, -0.05) is 184 Å². The van der Waals surface area contributed by atoms with Crippen LogP contribution in [0.4, 0.5) is 0 Å². The van der Waals surface area contributed by atoms with Gasteiger partial charge in [-0.05, 0) is 129 Å². The lowest BCUT2D eigenvalue weighted by atomic mass is 9.73. The number of fused-ring (bicyclic) bond motifs is 11. The van der Waals surface area contributed by atoms with Crippen LogP contribution in [0, 0.1) is 0 Å². The second-order valence-corrected chi connectivity index (χ2v) is 17.2. The van der Waals surface area contributed by atoms with Gasteiger partial charge >= 0.3 is 0 Å². The topological polar surface area (TPSA) is 4.93 Å². The zero-order valence-electron chi connectivity index (χ0n) is 33.5.